The van der Waals surface area contributed by atoms with Crippen molar-refractivity contribution in [3.63, 3.8) is 0 Å². The number of fused-ring (bicyclic) bond motifs is 9. The van der Waals surface area contributed by atoms with Crippen molar-refractivity contribution in [1.29, 1.82) is 0 Å². The summed E-state index contributed by atoms with van der Waals surface area (Å²) in [6.45, 7) is 0. The summed E-state index contributed by atoms with van der Waals surface area (Å²) in [5, 5.41) is 7.13. The van der Waals surface area contributed by atoms with E-state index in [0.717, 1.165) is 67.2 Å². The van der Waals surface area contributed by atoms with Gasteiger partial charge in [-0.1, -0.05) is 78.9 Å². The Morgan fingerprint density at radius 3 is 1.50 bits per heavy atom. The van der Waals surface area contributed by atoms with Crippen LogP contribution in [0, 0.1) is 0 Å². The van der Waals surface area contributed by atoms with Crippen molar-refractivity contribution >= 4 is 82.6 Å². The molecule has 54 heavy (non-hydrogen) atoms. The molecule has 0 aliphatic rings. The predicted octanol–water partition coefficient (Wildman–Crippen LogP) is 13.3. The van der Waals surface area contributed by atoms with Crippen molar-refractivity contribution in [2.75, 3.05) is 12.0 Å². The highest BCUT2D eigenvalue weighted by Gasteiger charge is 2.19. The number of furan rings is 1. The van der Waals surface area contributed by atoms with Gasteiger partial charge in [-0.15, -0.1) is 0 Å². The number of hydrogen-bond acceptors (Lipinski definition) is 3. The SMILES string of the molecule is COc1ccc(N(c2ccc(-n3c4ccccc4c4ccccc43)cc2)c2ccc3c4ccccc4n(-c4ccc5oc6ccccc6c5c4)c3c2)cc1. The summed E-state index contributed by atoms with van der Waals surface area (Å²) in [7, 11) is 1.70. The lowest BCUT2D eigenvalue weighted by Crippen LogP contribution is -2.10. The first-order chi connectivity index (χ1) is 26.7. The van der Waals surface area contributed by atoms with Gasteiger partial charge >= 0.3 is 0 Å². The standard InChI is InChI=1S/C49H33N3O2/c1-53-37-26-22-33(23-27-37)50(32-18-20-34(21-19-32)51-44-14-6-2-10-38(44)39-11-3-7-15-45(39)51)36-24-28-41-40-12-4-8-16-46(40)52(47(41)31-36)35-25-29-49-43(30-35)42-13-5-9-17-48(42)54-49/h2-31H,1H3. The fraction of sp³-hybridized carbons (Fsp3) is 0.0204. The molecule has 11 rings (SSSR count). The van der Waals surface area contributed by atoms with E-state index >= 15 is 0 Å². The third-order valence-electron chi connectivity index (χ3n) is 10.8. The van der Waals surface area contributed by atoms with Gasteiger partial charge < -0.3 is 23.2 Å². The third-order valence-corrected chi connectivity index (χ3v) is 10.8. The fourth-order valence-corrected chi connectivity index (χ4v) is 8.36. The molecule has 0 saturated heterocycles. The molecule has 3 heterocycles. The predicted molar refractivity (Wildman–Crippen MR) is 224 cm³/mol. The van der Waals surface area contributed by atoms with E-state index in [4.69, 9.17) is 9.15 Å². The molecule has 0 aliphatic carbocycles. The quantitative estimate of drug-likeness (QED) is 0.174. The number of para-hydroxylation sites is 4. The minimum atomic E-state index is 0.818. The van der Waals surface area contributed by atoms with Gasteiger partial charge in [0.25, 0.3) is 0 Å². The number of nitrogens with zero attached hydrogens (tertiary/aromatic N) is 3. The Labute approximate surface area is 311 Å². The van der Waals surface area contributed by atoms with E-state index in [1.54, 1.807) is 7.11 Å². The van der Waals surface area contributed by atoms with Crippen LogP contribution in [0.4, 0.5) is 17.1 Å². The van der Waals surface area contributed by atoms with E-state index in [1.165, 1.54) is 32.6 Å². The summed E-state index contributed by atoms with van der Waals surface area (Å²) in [6, 6.07) is 64.7. The van der Waals surface area contributed by atoms with Crippen LogP contribution in [-0.2, 0) is 0 Å². The molecule has 8 aromatic carbocycles. The average molecular weight is 696 g/mol. The van der Waals surface area contributed by atoms with Crippen LogP contribution in [0.1, 0.15) is 0 Å². The van der Waals surface area contributed by atoms with Crippen LogP contribution in [0.2, 0.25) is 0 Å². The zero-order chi connectivity index (χ0) is 35.8. The van der Waals surface area contributed by atoms with Gasteiger partial charge in [0, 0.05) is 60.8 Å². The maximum Gasteiger partial charge on any atom is 0.135 e. The number of anilines is 3. The minimum absolute atomic E-state index is 0.818. The zero-order valence-corrected chi connectivity index (χ0v) is 29.5. The molecule has 0 spiro atoms. The van der Waals surface area contributed by atoms with Gasteiger partial charge in [0.1, 0.15) is 16.9 Å². The molecule has 0 saturated carbocycles. The first kappa shape index (κ1) is 30.4. The molecule has 0 bridgehead atoms. The van der Waals surface area contributed by atoms with Crippen LogP contribution in [-0.4, -0.2) is 16.2 Å². The number of rotatable bonds is 6. The topological polar surface area (TPSA) is 35.5 Å². The van der Waals surface area contributed by atoms with Crippen LogP contribution < -0.4 is 9.64 Å². The second-order valence-corrected chi connectivity index (χ2v) is 13.8. The summed E-state index contributed by atoms with van der Waals surface area (Å²) in [4.78, 5) is 2.32. The van der Waals surface area contributed by atoms with Gasteiger partial charge in [0.05, 0.1) is 29.2 Å². The van der Waals surface area contributed by atoms with Gasteiger partial charge in [-0.25, -0.2) is 0 Å². The molecular weight excluding hydrogens is 663 g/mol. The fourth-order valence-electron chi connectivity index (χ4n) is 8.36. The molecule has 11 aromatic rings. The molecule has 3 aromatic heterocycles. The summed E-state index contributed by atoms with van der Waals surface area (Å²) >= 11 is 0. The van der Waals surface area contributed by atoms with Crippen molar-refractivity contribution in [3.8, 4) is 17.1 Å². The lowest BCUT2D eigenvalue weighted by molar-refractivity contribution is 0.415. The molecule has 0 radical (unpaired) electrons. The highest BCUT2D eigenvalue weighted by molar-refractivity contribution is 6.12. The van der Waals surface area contributed by atoms with Gasteiger partial charge in [-0.05, 0) is 103 Å². The van der Waals surface area contributed by atoms with Crippen LogP contribution >= 0.6 is 0 Å². The second-order valence-electron chi connectivity index (χ2n) is 13.8. The molecule has 0 aliphatic heterocycles. The smallest absolute Gasteiger partial charge is 0.135 e. The molecular formula is C49H33N3O2. The molecule has 0 N–H and O–H groups in total. The Bertz CT molecular complexity index is 3150. The second kappa shape index (κ2) is 11.9. The monoisotopic (exact) mass is 695 g/mol. The molecule has 0 atom stereocenters. The zero-order valence-electron chi connectivity index (χ0n) is 29.5. The molecule has 0 amide bonds. The third kappa shape index (κ3) is 4.58. The number of hydrogen-bond donors (Lipinski definition) is 0. The van der Waals surface area contributed by atoms with E-state index in [0.29, 0.717) is 0 Å². The van der Waals surface area contributed by atoms with Crippen molar-refractivity contribution < 1.29 is 9.15 Å². The van der Waals surface area contributed by atoms with E-state index in [9.17, 15) is 0 Å². The highest BCUT2D eigenvalue weighted by atomic mass is 16.5. The molecule has 0 unspecified atom stereocenters. The number of ether oxygens (including phenoxy) is 1. The molecule has 5 heteroatoms. The Kier molecular flexibility index (Phi) is 6.70. The maximum atomic E-state index is 6.21. The molecule has 5 nitrogen and oxygen atoms in total. The van der Waals surface area contributed by atoms with E-state index in [2.05, 4.69) is 172 Å². The Hall–Kier alpha value is -7.24. The largest absolute Gasteiger partial charge is 0.497 e. The van der Waals surface area contributed by atoms with Crippen LogP contribution in [0.15, 0.2) is 186 Å². The minimum Gasteiger partial charge on any atom is -0.497 e. The van der Waals surface area contributed by atoms with Gasteiger partial charge in [0.15, 0.2) is 0 Å². The van der Waals surface area contributed by atoms with E-state index < -0.39 is 0 Å². The van der Waals surface area contributed by atoms with E-state index in [-0.39, 0.29) is 0 Å². The summed E-state index contributed by atoms with van der Waals surface area (Å²) in [5.41, 5.74) is 11.8. The van der Waals surface area contributed by atoms with E-state index in [1.807, 2.05) is 24.3 Å². The summed E-state index contributed by atoms with van der Waals surface area (Å²) in [5.74, 6) is 0.818. The normalized spacial score (nSPS) is 11.8. The Morgan fingerprint density at radius 2 is 0.870 bits per heavy atom. The van der Waals surface area contributed by atoms with Crippen LogP contribution in [0.3, 0.4) is 0 Å². The Balaban J connectivity index is 1.10. The van der Waals surface area contributed by atoms with Crippen LogP contribution in [0.25, 0.3) is 76.9 Å². The lowest BCUT2D eigenvalue weighted by Gasteiger charge is -2.26. The van der Waals surface area contributed by atoms with Gasteiger partial charge in [-0.3, -0.25) is 0 Å². The number of aromatic nitrogens is 2. The first-order valence-electron chi connectivity index (χ1n) is 18.2. The highest BCUT2D eigenvalue weighted by Crippen LogP contribution is 2.41. The maximum absolute atomic E-state index is 6.21. The lowest BCUT2D eigenvalue weighted by atomic mass is 10.1. The summed E-state index contributed by atoms with van der Waals surface area (Å²) < 4.78 is 16.5. The summed E-state index contributed by atoms with van der Waals surface area (Å²) in [6.07, 6.45) is 0. The molecule has 256 valence electrons. The Morgan fingerprint density at radius 1 is 0.389 bits per heavy atom. The number of methoxy groups -OCH3 is 1. The number of benzene rings is 8. The van der Waals surface area contributed by atoms with Gasteiger partial charge in [0.2, 0.25) is 0 Å². The van der Waals surface area contributed by atoms with Crippen molar-refractivity contribution in [2.45, 2.75) is 0 Å². The van der Waals surface area contributed by atoms with Crippen molar-refractivity contribution in [1.82, 2.24) is 9.13 Å². The first-order valence-corrected chi connectivity index (χ1v) is 18.2. The van der Waals surface area contributed by atoms with Crippen LogP contribution in [0.5, 0.6) is 5.75 Å². The van der Waals surface area contributed by atoms with Crippen molar-refractivity contribution in [2.24, 2.45) is 0 Å². The average Bonchev–Trinajstić information content (AvgIpc) is 3.89. The van der Waals surface area contributed by atoms with Crippen molar-refractivity contribution in [3.05, 3.63) is 182 Å². The molecule has 0 fully saturated rings. The van der Waals surface area contributed by atoms with Gasteiger partial charge in [-0.2, -0.15) is 0 Å².